The molecule has 0 radical (unpaired) electrons. The Morgan fingerprint density at radius 3 is 2.00 bits per heavy atom. The van der Waals surface area contributed by atoms with Crippen molar-refractivity contribution in [2.45, 2.75) is 20.8 Å². The maximum Gasteiger partial charge on any atom is 0.308 e. The van der Waals surface area contributed by atoms with Gasteiger partial charge < -0.3 is 5.11 Å². The third kappa shape index (κ3) is 1.50. The number of nitrogens with zero attached hydrogens (tertiary/aromatic N) is 1. The average molecular weight is 225 g/mol. The van der Waals surface area contributed by atoms with Crippen LogP contribution in [0.5, 0.6) is 0 Å². The van der Waals surface area contributed by atoms with Gasteiger partial charge in [0, 0.05) is 6.54 Å². The number of carbonyl (C=O) groups excluding carboxylic acids is 2. The van der Waals surface area contributed by atoms with Gasteiger partial charge in [0.05, 0.1) is 17.8 Å². The third-order valence-electron chi connectivity index (χ3n) is 3.04. The van der Waals surface area contributed by atoms with Gasteiger partial charge in [-0.1, -0.05) is 20.8 Å². The zero-order chi connectivity index (χ0) is 12.2. The van der Waals surface area contributed by atoms with Gasteiger partial charge in [-0.3, -0.25) is 19.3 Å². The number of likely N-dealkylation sites (tertiary alicyclic amines) is 1. The standard InChI is InChI=1S/C11H15NO4/c1-11(2,3)4-12-8(13)5-6(9(12)14)7(5)10(15)16/h5-7H,4H2,1-3H3,(H,15,16). The summed E-state index contributed by atoms with van der Waals surface area (Å²) < 4.78 is 0. The quantitative estimate of drug-likeness (QED) is 0.688. The van der Waals surface area contributed by atoms with Crippen molar-refractivity contribution in [2.24, 2.45) is 23.2 Å². The number of hydrogen-bond donors (Lipinski definition) is 1. The molecule has 2 aliphatic rings. The summed E-state index contributed by atoms with van der Waals surface area (Å²) >= 11 is 0. The Hall–Kier alpha value is -1.39. The highest BCUT2D eigenvalue weighted by molar-refractivity contribution is 6.13. The molecule has 1 N–H and O–H groups in total. The SMILES string of the molecule is CC(C)(C)CN1C(=O)C2C(C(=O)O)C2C1=O. The highest BCUT2D eigenvalue weighted by Gasteiger charge is 2.70. The fourth-order valence-corrected chi connectivity index (χ4v) is 2.33. The van der Waals surface area contributed by atoms with E-state index < -0.39 is 23.7 Å². The summed E-state index contributed by atoms with van der Waals surface area (Å²) in [6.45, 7) is 6.18. The van der Waals surface area contributed by atoms with Crippen LogP contribution in [-0.4, -0.2) is 34.3 Å². The second-order valence-electron chi connectivity index (χ2n) is 5.74. The van der Waals surface area contributed by atoms with Gasteiger partial charge in [0.25, 0.3) is 0 Å². The first kappa shape index (κ1) is 11.1. The van der Waals surface area contributed by atoms with Crippen LogP contribution in [0.3, 0.4) is 0 Å². The molecule has 0 spiro atoms. The van der Waals surface area contributed by atoms with Crippen LogP contribution in [0.15, 0.2) is 0 Å². The molecular formula is C11H15NO4. The molecule has 2 fully saturated rings. The normalized spacial score (nSPS) is 32.9. The molecule has 0 aromatic carbocycles. The Kier molecular flexibility index (Phi) is 2.12. The molecule has 2 amide bonds. The van der Waals surface area contributed by atoms with E-state index in [1.165, 1.54) is 4.90 Å². The minimum atomic E-state index is -1.04. The molecular weight excluding hydrogens is 210 g/mol. The van der Waals surface area contributed by atoms with E-state index in [0.717, 1.165) is 0 Å². The van der Waals surface area contributed by atoms with E-state index >= 15 is 0 Å². The molecule has 0 bridgehead atoms. The number of amides is 2. The Morgan fingerprint density at radius 1 is 1.25 bits per heavy atom. The smallest absolute Gasteiger partial charge is 0.308 e. The number of hydrogen-bond acceptors (Lipinski definition) is 3. The van der Waals surface area contributed by atoms with Crippen molar-refractivity contribution in [1.29, 1.82) is 0 Å². The van der Waals surface area contributed by atoms with Crippen molar-refractivity contribution >= 4 is 17.8 Å². The second kappa shape index (κ2) is 3.06. The van der Waals surface area contributed by atoms with Crippen molar-refractivity contribution < 1.29 is 19.5 Å². The van der Waals surface area contributed by atoms with Crippen LogP contribution in [0.25, 0.3) is 0 Å². The number of rotatable bonds is 2. The number of carboxylic acid groups (broad SMARTS) is 1. The Balaban J connectivity index is 2.11. The van der Waals surface area contributed by atoms with E-state index in [0.29, 0.717) is 6.54 Å². The van der Waals surface area contributed by atoms with Crippen molar-refractivity contribution in [3.05, 3.63) is 0 Å². The number of imide groups is 1. The van der Waals surface area contributed by atoms with Crippen LogP contribution < -0.4 is 0 Å². The highest BCUT2D eigenvalue weighted by atomic mass is 16.4. The van der Waals surface area contributed by atoms with Crippen molar-refractivity contribution in [1.82, 2.24) is 4.90 Å². The summed E-state index contributed by atoms with van der Waals surface area (Å²) in [7, 11) is 0. The molecule has 1 saturated carbocycles. The number of piperidine rings is 1. The Bertz CT molecular complexity index is 360. The van der Waals surface area contributed by atoms with E-state index in [1.807, 2.05) is 20.8 Å². The van der Waals surface area contributed by atoms with Gasteiger partial charge in [0.15, 0.2) is 0 Å². The summed E-state index contributed by atoms with van der Waals surface area (Å²) in [5, 5.41) is 8.79. The molecule has 1 heterocycles. The van der Waals surface area contributed by atoms with Crippen LogP contribution in [-0.2, 0) is 14.4 Å². The number of aliphatic carboxylic acids is 1. The maximum absolute atomic E-state index is 11.8. The Labute approximate surface area is 93.4 Å². The first-order valence-electron chi connectivity index (χ1n) is 5.32. The van der Waals surface area contributed by atoms with Gasteiger partial charge in [-0.2, -0.15) is 0 Å². The Morgan fingerprint density at radius 2 is 1.69 bits per heavy atom. The van der Waals surface area contributed by atoms with Crippen LogP contribution in [0.2, 0.25) is 0 Å². The summed E-state index contributed by atoms with van der Waals surface area (Å²) in [5.41, 5.74) is -0.152. The zero-order valence-corrected chi connectivity index (χ0v) is 9.56. The molecule has 5 heteroatoms. The van der Waals surface area contributed by atoms with Gasteiger partial charge >= 0.3 is 5.97 Å². The van der Waals surface area contributed by atoms with Crippen molar-refractivity contribution in [2.75, 3.05) is 6.54 Å². The molecule has 0 aromatic heterocycles. The van der Waals surface area contributed by atoms with Gasteiger partial charge in [-0.15, -0.1) is 0 Å². The predicted octanol–water partition coefficient (Wildman–Crippen LogP) is 0.348. The van der Waals surface area contributed by atoms with E-state index in [-0.39, 0.29) is 17.2 Å². The number of carboxylic acids is 1. The van der Waals surface area contributed by atoms with Crippen molar-refractivity contribution in [3.8, 4) is 0 Å². The van der Waals surface area contributed by atoms with Gasteiger partial charge in [-0.25, -0.2) is 0 Å². The lowest BCUT2D eigenvalue weighted by molar-refractivity contribution is -0.149. The van der Waals surface area contributed by atoms with E-state index in [1.54, 1.807) is 0 Å². The van der Waals surface area contributed by atoms with Gasteiger partial charge in [-0.05, 0) is 5.41 Å². The first-order valence-corrected chi connectivity index (χ1v) is 5.32. The molecule has 2 unspecified atom stereocenters. The molecule has 88 valence electrons. The van der Waals surface area contributed by atoms with Crippen LogP contribution >= 0.6 is 0 Å². The van der Waals surface area contributed by atoms with E-state index in [2.05, 4.69) is 0 Å². The summed E-state index contributed by atoms with van der Waals surface area (Å²) in [6, 6.07) is 0. The van der Waals surface area contributed by atoms with Gasteiger partial charge in [0.2, 0.25) is 11.8 Å². The lowest BCUT2D eigenvalue weighted by Gasteiger charge is -2.26. The maximum atomic E-state index is 11.8. The van der Waals surface area contributed by atoms with Crippen LogP contribution in [0, 0.1) is 23.2 Å². The summed E-state index contributed by atoms with van der Waals surface area (Å²) in [4.78, 5) is 35.5. The van der Waals surface area contributed by atoms with Gasteiger partial charge in [0.1, 0.15) is 0 Å². The molecule has 1 saturated heterocycles. The fraction of sp³-hybridized carbons (Fsp3) is 0.727. The molecule has 1 aliphatic carbocycles. The monoisotopic (exact) mass is 225 g/mol. The first-order chi connectivity index (χ1) is 7.24. The van der Waals surface area contributed by atoms with Crippen molar-refractivity contribution in [3.63, 3.8) is 0 Å². The predicted molar refractivity (Wildman–Crippen MR) is 54.3 cm³/mol. The molecule has 0 aromatic rings. The van der Waals surface area contributed by atoms with Crippen LogP contribution in [0.4, 0.5) is 0 Å². The number of fused-ring (bicyclic) bond motifs is 1. The average Bonchev–Trinajstić information content (AvgIpc) is 2.79. The lowest BCUT2D eigenvalue weighted by Crippen LogP contribution is -2.41. The molecule has 2 atom stereocenters. The third-order valence-corrected chi connectivity index (χ3v) is 3.04. The van der Waals surface area contributed by atoms with E-state index in [9.17, 15) is 14.4 Å². The summed E-state index contributed by atoms with van der Waals surface area (Å²) in [6.07, 6.45) is 0. The minimum absolute atomic E-state index is 0.152. The minimum Gasteiger partial charge on any atom is -0.481 e. The molecule has 16 heavy (non-hydrogen) atoms. The zero-order valence-electron chi connectivity index (χ0n) is 9.56. The molecule has 1 aliphatic heterocycles. The fourth-order valence-electron chi connectivity index (χ4n) is 2.33. The molecule has 2 rings (SSSR count). The summed E-state index contributed by atoms with van der Waals surface area (Å²) in [5.74, 6) is -3.60. The van der Waals surface area contributed by atoms with Crippen LogP contribution in [0.1, 0.15) is 20.8 Å². The molecule has 5 nitrogen and oxygen atoms in total. The van der Waals surface area contributed by atoms with E-state index in [4.69, 9.17) is 5.11 Å². The highest BCUT2D eigenvalue weighted by Crippen LogP contribution is 2.53. The topological polar surface area (TPSA) is 74.7 Å². The lowest BCUT2D eigenvalue weighted by atomic mass is 9.96. The second-order valence-corrected chi connectivity index (χ2v) is 5.74. The number of carbonyl (C=O) groups is 3. The largest absolute Gasteiger partial charge is 0.481 e.